The molecular formula is C24H29FN8O3. The van der Waals surface area contributed by atoms with Crippen molar-refractivity contribution in [1.29, 1.82) is 0 Å². The van der Waals surface area contributed by atoms with Gasteiger partial charge < -0.3 is 24.8 Å². The van der Waals surface area contributed by atoms with Crippen LogP contribution in [-0.2, 0) is 11.8 Å². The van der Waals surface area contributed by atoms with Crippen molar-refractivity contribution in [2.45, 2.75) is 12.1 Å². The smallest absolute Gasteiger partial charge is 0.288 e. The molecule has 0 saturated carbocycles. The zero-order chi connectivity index (χ0) is 26.0. The van der Waals surface area contributed by atoms with Crippen LogP contribution in [0.15, 0.2) is 60.0 Å². The maximum Gasteiger partial charge on any atom is 0.288 e. The fourth-order valence-corrected chi connectivity index (χ4v) is 4.32. The molecule has 1 unspecified atom stereocenters. The Morgan fingerprint density at radius 3 is 2.78 bits per heavy atom. The lowest BCUT2D eigenvalue weighted by atomic mass is 9.97. The lowest BCUT2D eigenvalue weighted by molar-refractivity contribution is -0.438. The number of benzene rings is 1. The third-order valence-corrected chi connectivity index (χ3v) is 6.18. The second kappa shape index (κ2) is 9.91. The van der Waals surface area contributed by atoms with Gasteiger partial charge >= 0.3 is 0 Å². The predicted octanol–water partition coefficient (Wildman–Crippen LogP) is 2.63. The molecule has 0 amide bonds. The summed E-state index contributed by atoms with van der Waals surface area (Å²) >= 11 is 0. The summed E-state index contributed by atoms with van der Waals surface area (Å²) < 4.78 is 21.6. The molecule has 0 aliphatic carbocycles. The number of para-hydroxylation sites is 1. The summed E-state index contributed by atoms with van der Waals surface area (Å²) in [6.07, 6.45) is 5.20. The number of nitro groups is 1. The monoisotopic (exact) mass is 496 g/mol. The highest BCUT2D eigenvalue weighted by Gasteiger charge is 2.45. The van der Waals surface area contributed by atoms with Crippen molar-refractivity contribution < 1.29 is 14.1 Å². The van der Waals surface area contributed by atoms with Crippen LogP contribution in [0.4, 0.5) is 10.3 Å². The number of nitrogens with zero attached hydrogens (tertiary/aromatic N) is 5. The number of fused-ring (bicyclic) bond motifs is 1. The van der Waals surface area contributed by atoms with E-state index in [-0.39, 0.29) is 17.5 Å². The first-order chi connectivity index (χ1) is 17.2. The Balaban J connectivity index is 1.71. The number of nitrogens with one attached hydrogen (secondary N) is 3. The highest BCUT2D eigenvalue weighted by Crippen LogP contribution is 2.32. The Kier molecular flexibility index (Phi) is 6.91. The zero-order valence-electron chi connectivity index (χ0n) is 20.8. The van der Waals surface area contributed by atoms with Gasteiger partial charge in [-0.3, -0.25) is 15.4 Å². The molecule has 3 N–H and O–H groups in total. The average Bonchev–Trinajstić information content (AvgIpc) is 3.20. The Hall–Kier alpha value is -4.03. The summed E-state index contributed by atoms with van der Waals surface area (Å²) in [5, 5.41) is 22.0. The fraction of sp³-hybridized carbons (Fsp3) is 0.333. The molecule has 2 aromatic heterocycles. The lowest BCUT2D eigenvalue weighted by Gasteiger charge is -2.36. The summed E-state index contributed by atoms with van der Waals surface area (Å²) in [5.41, 5.74) is 0.874. The molecule has 36 heavy (non-hydrogen) atoms. The van der Waals surface area contributed by atoms with Crippen LogP contribution in [0.25, 0.3) is 22.2 Å². The summed E-state index contributed by atoms with van der Waals surface area (Å²) in [6.45, 7) is 0.593. The second-order valence-corrected chi connectivity index (χ2v) is 8.75. The van der Waals surface area contributed by atoms with Crippen LogP contribution in [0.2, 0.25) is 0 Å². The number of likely N-dealkylation sites (N-methyl/N-ethyl adjacent to an activating group) is 1. The number of rotatable bonds is 9. The minimum atomic E-state index is -1.14. The Morgan fingerprint density at radius 2 is 2.11 bits per heavy atom. The maximum atomic E-state index is 14.4. The van der Waals surface area contributed by atoms with Gasteiger partial charge in [-0.25, -0.2) is 14.4 Å². The average molecular weight is 497 g/mol. The topological polar surface area (TPSA) is 122 Å². The van der Waals surface area contributed by atoms with Gasteiger partial charge in [-0.2, -0.15) is 0 Å². The van der Waals surface area contributed by atoms with Gasteiger partial charge in [0.15, 0.2) is 5.66 Å². The Bertz CT molecular complexity index is 1370. The number of allylic oxidation sites excluding steroid dienone is 1. The summed E-state index contributed by atoms with van der Waals surface area (Å²) in [7, 11) is 8.70. The molecule has 0 fully saturated rings. The fourth-order valence-electron chi connectivity index (χ4n) is 4.32. The molecule has 0 spiro atoms. The molecule has 0 radical (unpaired) electrons. The van der Waals surface area contributed by atoms with Crippen molar-refractivity contribution in [3.8, 4) is 11.3 Å². The molecule has 3 heterocycles. The number of hydrogen-bond donors (Lipinski definition) is 3. The van der Waals surface area contributed by atoms with Crippen molar-refractivity contribution in [2.24, 2.45) is 7.05 Å². The summed E-state index contributed by atoms with van der Waals surface area (Å²) in [4.78, 5) is 22.4. The first-order valence-electron chi connectivity index (χ1n) is 11.3. The molecular weight excluding hydrogens is 467 g/mol. The predicted molar refractivity (Wildman–Crippen MR) is 135 cm³/mol. The van der Waals surface area contributed by atoms with E-state index in [1.54, 1.807) is 43.2 Å². The highest BCUT2D eigenvalue weighted by molar-refractivity contribution is 5.95. The molecule has 12 heteroatoms. The zero-order valence-corrected chi connectivity index (χ0v) is 20.8. The van der Waals surface area contributed by atoms with Crippen molar-refractivity contribution in [1.82, 2.24) is 30.1 Å². The van der Waals surface area contributed by atoms with Gasteiger partial charge in [0.05, 0.1) is 23.2 Å². The number of methoxy groups -OCH3 is 1. The van der Waals surface area contributed by atoms with E-state index in [4.69, 9.17) is 4.74 Å². The minimum Gasteiger partial charge on any atom is -0.481 e. The van der Waals surface area contributed by atoms with Gasteiger partial charge in [-0.05, 0) is 33.3 Å². The molecule has 1 aliphatic heterocycles. The highest BCUT2D eigenvalue weighted by atomic mass is 19.1. The van der Waals surface area contributed by atoms with E-state index in [0.717, 1.165) is 5.56 Å². The van der Waals surface area contributed by atoms with Crippen molar-refractivity contribution in [3.63, 3.8) is 0 Å². The SMILES string of the molecule is CNC1(CCN(C)C)NC(OC)=C(Nc2nccc(-c3cn(C)c4c(F)cccc34)n2)C=C1[N+](=O)[O-]. The summed E-state index contributed by atoms with van der Waals surface area (Å²) in [5.74, 6) is 0.183. The number of anilines is 1. The molecule has 190 valence electrons. The van der Waals surface area contributed by atoms with E-state index in [9.17, 15) is 14.5 Å². The van der Waals surface area contributed by atoms with E-state index >= 15 is 0 Å². The van der Waals surface area contributed by atoms with Crippen LogP contribution in [0, 0.1) is 15.9 Å². The third-order valence-electron chi connectivity index (χ3n) is 6.18. The van der Waals surface area contributed by atoms with Gasteiger partial charge in [0, 0.05) is 49.4 Å². The maximum absolute atomic E-state index is 14.4. The number of ether oxygens (including phenoxy) is 1. The number of aryl methyl sites for hydroxylation is 1. The molecule has 1 atom stereocenters. The molecule has 3 aromatic rings. The third kappa shape index (κ3) is 4.60. The first-order valence-corrected chi connectivity index (χ1v) is 11.3. The van der Waals surface area contributed by atoms with Crippen LogP contribution in [0.1, 0.15) is 6.42 Å². The summed E-state index contributed by atoms with van der Waals surface area (Å²) in [6, 6.07) is 6.62. The van der Waals surface area contributed by atoms with E-state index in [2.05, 4.69) is 25.9 Å². The number of aromatic nitrogens is 3. The van der Waals surface area contributed by atoms with Crippen LogP contribution in [0.5, 0.6) is 0 Å². The van der Waals surface area contributed by atoms with Gasteiger partial charge in [-0.1, -0.05) is 12.1 Å². The largest absolute Gasteiger partial charge is 0.481 e. The van der Waals surface area contributed by atoms with Crippen LogP contribution >= 0.6 is 0 Å². The quantitative estimate of drug-likeness (QED) is 0.303. The van der Waals surface area contributed by atoms with Crippen molar-refractivity contribution in [2.75, 3.05) is 40.1 Å². The lowest BCUT2D eigenvalue weighted by Crippen LogP contribution is -2.61. The first kappa shape index (κ1) is 25.1. The van der Waals surface area contributed by atoms with E-state index in [0.29, 0.717) is 41.1 Å². The number of hydrogen-bond acceptors (Lipinski definition) is 9. The van der Waals surface area contributed by atoms with Crippen LogP contribution in [-0.4, -0.2) is 64.8 Å². The van der Waals surface area contributed by atoms with Gasteiger partial charge in [0.2, 0.25) is 11.8 Å². The van der Waals surface area contributed by atoms with Gasteiger partial charge in [-0.15, -0.1) is 0 Å². The second-order valence-electron chi connectivity index (χ2n) is 8.75. The standard InChI is InChI=1S/C24H29FN8O3/c1-26-24(10-12-31(2)3)20(33(34)35)13-19(22(30-24)36-5)29-23-27-11-9-18(28-23)16-14-32(4)21-15(16)7-6-8-17(21)25/h6-9,11,13-14,26,30H,10,12H2,1-5H3,(H,27,28,29). The molecule has 1 aliphatic rings. The van der Waals surface area contributed by atoms with Crippen LogP contribution < -0.4 is 16.0 Å². The van der Waals surface area contributed by atoms with Crippen LogP contribution in [0.3, 0.4) is 0 Å². The molecule has 4 rings (SSSR count). The van der Waals surface area contributed by atoms with Crippen molar-refractivity contribution in [3.05, 3.63) is 75.9 Å². The Morgan fingerprint density at radius 1 is 1.33 bits per heavy atom. The number of dihydropyridines is 1. The molecule has 1 aromatic carbocycles. The molecule has 0 saturated heterocycles. The number of halogens is 1. The van der Waals surface area contributed by atoms with E-state index in [1.165, 1.54) is 19.3 Å². The normalized spacial score (nSPS) is 17.8. The van der Waals surface area contributed by atoms with Crippen molar-refractivity contribution >= 4 is 16.9 Å². The van der Waals surface area contributed by atoms with Gasteiger partial charge in [0.1, 0.15) is 11.5 Å². The van der Waals surface area contributed by atoms with E-state index in [1.807, 2.05) is 25.1 Å². The molecule has 0 bridgehead atoms. The minimum absolute atomic E-state index is 0.0733. The van der Waals surface area contributed by atoms with Gasteiger partial charge in [0.25, 0.3) is 5.70 Å². The van der Waals surface area contributed by atoms with E-state index < -0.39 is 10.6 Å². The molecule has 11 nitrogen and oxygen atoms in total. The Labute approximate surface area is 207 Å².